The minimum Gasteiger partial charge on any atom is -0.465 e. The molecule has 94 valence electrons. The summed E-state index contributed by atoms with van der Waals surface area (Å²) in [6.07, 6.45) is 0. The first-order valence-corrected chi connectivity index (χ1v) is 5.28. The molecular formula is C12H13N3O3. The van der Waals surface area contributed by atoms with Crippen LogP contribution in [0, 0.1) is 6.92 Å². The molecule has 0 aliphatic rings. The number of aromatic nitrogens is 2. The van der Waals surface area contributed by atoms with Crippen molar-refractivity contribution < 1.29 is 14.3 Å². The van der Waals surface area contributed by atoms with E-state index in [0.717, 1.165) is 5.69 Å². The van der Waals surface area contributed by atoms with Crippen LogP contribution in [0.3, 0.4) is 0 Å². The van der Waals surface area contributed by atoms with Gasteiger partial charge in [-0.3, -0.25) is 5.10 Å². The quantitative estimate of drug-likeness (QED) is 0.638. The van der Waals surface area contributed by atoms with E-state index < -0.39 is 5.97 Å². The van der Waals surface area contributed by atoms with Crippen LogP contribution in [-0.4, -0.2) is 23.3 Å². The van der Waals surface area contributed by atoms with E-state index in [1.165, 1.54) is 13.2 Å². The van der Waals surface area contributed by atoms with Crippen molar-refractivity contribution in [1.29, 1.82) is 0 Å². The zero-order valence-electron chi connectivity index (χ0n) is 10.1. The van der Waals surface area contributed by atoms with Crippen LogP contribution in [0.1, 0.15) is 16.1 Å². The summed E-state index contributed by atoms with van der Waals surface area (Å²) in [4.78, 5) is 11.6. The van der Waals surface area contributed by atoms with Gasteiger partial charge in [-0.1, -0.05) is 0 Å². The number of ether oxygens (including phenoxy) is 2. The monoisotopic (exact) mass is 247 g/mol. The lowest BCUT2D eigenvalue weighted by atomic mass is 10.2. The lowest BCUT2D eigenvalue weighted by molar-refractivity contribution is 0.0598. The molecule has 1 heterocycles. The largest absolute Gasteiger partial charge is 0.465 e. The Morgan fingerprint density at radius 3 is 2.78 bits per heavy atom. The van der Waals surface area contributed by atoms with E-state index in [0.29, 0.717) is 17.3 Å². The second-order valence-electron chi connectivity index (χ2n) is 3.74. The van der Waals surface area contributed by atoms with E-state index in [1.807, 2.05) is 6.92 Å². The van der Waals surface area contributed by atoms with Gasteiger partial charge in [-0.2, -0.15) is 0 Å². The maximum absolute atomic E-state index is 11.6. The average molecular weight is 247 g/mol. The van der Waals surface area contributed by atoms with E-state index in [1.54, 1.807) is 18.2 Å². The fourth-order valence-corrected chi connectivity index (χ4v) is 1.46. The first kappa shape index (κ1) is 12.0. The number of aryl methyl sites for hydroxylation is 1. The molecule has 1 aromatic carbocycles. The summed E-state index contributed by atoms with van der Waals surface area (Å²) in [5, 5.41) is 6.68. The first-order chi connectivity index (χ1) is 8.60. The van der Waals surface area contributed by atoms with Crippen LogP contribution >= 0.6 is 0 Å². The van der Waals surface area contributed by atoms with Gasteiger partial charge in [-0.25, -0.2) is 4.79 Å². The number of aromatic amines is 1. The van der Waals surface area contributed by atoms with Crippen LogP contribution in [0.5, 0.6) is 11.6 Å². The molecule has 0 atom stereocenters. The number of nitrogen functional groups attached to an aromatic ring is 1. The van der Waals surface area contributed by atoms with Gasteiger partial charge in [0.1, 0.15) is 11.3 Å². The average Bonchev–Trinajstić information content (AvgIpc) is 2.76. The Morgan fingerprint density at radius 2 is 2.17 bits per heavy atom. The number of nitrogens with one attached hydrogen (secondary N) is 1. The molecule has 6 heteroatoms. The highest BCUT2D eigenvalue weighted by Crippen LogP contribution is 2.26. The smallest absolute Gasteiger partial charge is 0.341 e. The minimum atomic E-state index is -0.510. The third-order valence-electron chi connectivity index (χ3n) is 2.31. The molecular weight excluding hydrogens is 234 g/mol. The molecule has 0 fully saturated rings. The van der Waals surface area contributed by atoms with Gasteiger partial charge in [0.25, 0.3) is 0 Å². The maximum Gasteiger partial charge on any atom is 0.341 e. The van der Waals surface area contributed by atoms with Crippen molar-refractivity contribution in [3.05, 3.63) is 35.5 Å². The highest BCUT2D eigenvalue weighted by Gasteiger charge is 2.15. The van der Waals surface area contributed by atoms with Gasteiger partial charge in [0, 0.05) is 17.4 Å². The number of nitrogens with two attached hydrogens (primary N) is 1. The number of benzene rings is 1. The summed E-state index contributed by atoms with van der Waals surface area (Å²) in [5.41, 5.74) is 7.21. The van der Waals surface area contributed by atoms with Gasteiger partial charge in [0.05, 0.1) is 7.11 Å². The maximum atomic E-state index is 11.6. The molecule has 1 aromatic heterocycles. The third kappa shape index (κ3) is 2.42. The molecule has 0 saturated heterocycles. The van der Waals surface area contributed by atoms with E-state index in [2.05, 4.69) is 14.9 Å². The van der Waals surface area contributed by atoms with Crippen LogP contribution in [0.15, 0.2) is 24.3 Å². The Hall–Kier alpha value is -2.50. The third-order valence-corrected chi connectivity index (χ3v) is 2.31. The number of methoxy groups -OCH3 is 1. The Balaban J connectivity index is 2.35. The zero-order chi connectivity index (χ0) is 13.1. The van der Waals surface area contributed by atoms with Crippen molar-refractivity contribution >= 4 is 11.7 Å². The lowest BCUT2D eigenvalue weighted by Crippen LogP contribution is -2.04. The topological polar surface area (TPSA) is 90.2 Å². The van der Waals surface area contributed by atoms with Crippen molar-refractivity contribution in [2.24, 2.45) is 0 Å². The van der Waals surface area contributed by atoms with Crippen molar-refractivity contribution in [1.82, 2.24) is 10.2 Å². The number of carbonyl (C=O) groups is 1. The normalized spacial score (nSPS) is 10.1. The fourth-order valence-electron chi connectivity index (χ4n) is 1.46. The molecule has 3 N–H and O–H groups in total. The summed E-state index contributed by atoms with van der Waals surface area (Å²) < 4.78 is 10.2. The van der Waals surface area contributed by atoms with Gasteiger partial charge in [-0.05, 0) is 25.1 Å². The second kappa shape index (κ2) is 4.79. The van der Waals surface area contributed by atoms with Crippen LogP contribution < -0.4 is 10.5 Å². The Kier molecular flexibility index (Phi) is 3.18. The number of nitrogens with zero attached hydrogens (tertiary/aromatic N) is 1. The summed E-state index contributed by atoms with van der Waals surface area (Å²) in [6.45, 7) is 1.85. The molecule has 6 nitrogen and oxygen atoms in total. The fraction of sp³-hybridized carbons (Fsp3) is 0.167. The van der Waals surface area contributed by atoms with Crippen molar-refractivity contribution in [2.45, 2.75) is 6.92 Å². The molecule has 0 radical (unpaired) electrons. The summed E-state index contributed by atoms with van der Waals surface area (Å²) in [5.74, 6) is 0.217. The zero-order valence-corrected chi connectivity index (χ0v) is 10.1. The number of carbonyl (C=O) groups excluding carboxylic acids is 1. The van der Waals surface area contributed by atoms with Crippen molar-refractivity contribution in [3.63, 3.8) is 0 Å². The number of esters is 1. The Morgan fingerprint density at radius 1 is 1.39 bits per heavy atom. The Labute approximate surface area is 104 Å². The molecule has 18 heavy (non-hydrogen) atoms. The van der Waals surface area contributed by atoms with Gasteiger partial charge in [-0.15, -0.1) is 5.10 Å². The van der Waals surface area contributed by atoms with Gasteiger partial charge in [0.15, 0.2) is 0 Å². The van der Waals surface area contributed by atoms with Crippen LogP contribution in [-0.2, 0) is 4.74 Å². The van der Waals surface area contributed by atoms with Crippen molar-refractivity contribution in [3.8, 4) is 11.6 Å². The number of anilines is 1. The molecule has 2 aromatic rings. The Bertz CT molecular complexity index is 578. The summed E-state index contributed by atoms with van der Waals surface area (Å²) in [7, 11) is 1.30. The highest BCUT2D eigenvalue weighted by atomic mass is 16.5. The molecule has 2 rings (SSSR count). The molecule has 0 bridgehead atoms. The minimum absolute atomic E-state index is 0.262. The number of hydrogen-bond donors (Lipinski definition) is 2. The van der Waals surface area contributed by atoms with Crippen molar-refractivity contribution in [2.75, 3.05) is 12.8 Å². The number of H-pyrrole nitrogens is 1. The first-order valence-electron chi connectivity index (χ1n) is 5.28. The standard InChI is InChI=1S/C12H13N3O3/c1-7-5-11(15-14-7)18-10-4-3-8(13)6-9(10)12(16)17-2/h3-6H,13H2,1-2H3,(H,14,15). The second-order valence-corrected chi connectivity index (χ2v) is 3.74. The van der Waals surface area contributed by atoms with E-state index in [-0.39, 0.29) is 5.56 Å². The highest BCUT2D eigenvalue weighted by molar-refractivity contribution is 5.93. The molecule has 0 saturated carbocycles. The van der Waals surface area contributed by atoms with Crippen LogP contribution in [0.2, 0.25) is 0 Å². The number of hydrogen-bond acceptors (Lipinski definition) is 5. The predicted molar refractivity (Wildman–Crippen MR) is 65.6 cm³/mol. The van der Waals surface area contributed by atoms with Gasteiger partial charge in [0.2, 0.25) is 5.88 Å². The molecule has 0 unspecified atom stereocenters. The number of rotatable bonds is 3. The SMILES string of the molecule is COC(=O)c1cc(N)ccc1Oc1cc(C)[nH]n1. The summed E-state index contributed by atoms with van der Waals surface area (Å²) in [6, 6.07) is 6.46. The van der Waals surface area contributed by atoms with Crippen LogP contribution in [0.4, 0.5) is 5.69 Å². The molecule has 0 aliphatic heterocycles. The van der Waals surface area contributed by atoms with Gasteiger partial charge < -0.3 is 15.2 Å². The molecule has 0 spiro atoms. The summed E-state index contributed by atoms with van der Waals surface area (Å²) >= 11 is 0. The van der Waals surface area contributed by atoms with Crippen LogP contribution in [0.25, 0.3) is 0 Å². The lowest BCUT2D eigenvalue weighted by Gasteiger charge is -2.08. The van der Waals surface area contributed by atoms with Gasteiger partial charge >= 0.3 is 5.97 Å². The van der Waals surface area contributed by atoms with E-state index in [4.69, 9.17) is 10.5 Å². The molecule has 0 aliphatic carbocycles. The predicted octanol–water partition coefficient (Wildman–Crippen LogP) is 1.88. The van der Waals surface area contributed by atoms with E-state index >= 15 is 0 Å². The molecule has 0 amide bonds. The van der Waals surface area contributed by atoms with E-state index in [9.17, 15) is 4.79 Å².